The number of piperidine rings is 1. The van der Waals surface area contributed by atoms with Crippen LogP contribution in [-0.4, -0.2) is 32.3 Å². The second-order valence-corrected chi connectivity index (χ2v) is 9.36. The standard InChI is InChI=1S/C22H28N2O3S/c1-17-3-8-20(9-4-17)23-28(26,27)21-10-5-19(6-11-21)7-12-22(25)24-15-13-18(2)14-16-24/h3-6,8-11,18,23H,7,12-16H2,1-2H3. The van der Waals surface area contributed by atoms with Gasteiger partial charge in [-0.25, -0.2) is 8.42 Å². The number of benzene rings is 2. The van der Waals surface area contributed by atoms with Gasteiger partial charge in [0, 0.05) is 25.2 Å². The number of hydrogen-bond acceptors (Lipinski definition) is 3. The predicted octanol–water partition coefficient (Wildman–Crippen LogP) is 3.99. The number of carbonyl (C=O) groups excluding carboxylic acids is 1. The number of aryl methyl sites for hydroxylation is 2. The van der Waals surface area contributed by atoms with Crippen molar-refractivity contribution in [1.29, 1.82) is 0 Å². The van der Waals surface area contributed by atoms with Crippen LogP contribution in [0, 0.1) is 12.8 Å². The minimum absolute atomic E-state index is 0.185. The molecule has 28 heavy (non-hydrogen) atoms. The number of hydrogen-bond donors (Lipinski definition) is 1. The number of sulfonamides is 1. The fourth-order valence-electron chi connectivity index (χ4n) is 3.34. The summed E-state index contributed by atoms with van der Waals surface area (Å²) in [7, 11) is -3.62. The molecule has 6 heteroatoms. The average molecular weight is 401 g/mol. The van der Waals surface area contributed by atoms with E-state index in [0.29, 0.717) is 24.4 Å². The Kier molecular flexibility index (Phi) is 6.39. The molecule has 1 heterocycles. The van der Waals surface area contributed by atoms with E-state index in [2.05, 4.69) is 11.6 Å². The van der Waals surface area contributed by atoms with Crippen LogP contribution in [0.2, 0.25) is 0 Å². The maximum atomic E-state index is 12.5. The number of carbonyl (C=O) groups is 1. The van der Waals surface area contributed by atoms with Gasteiger partial charge < -0.3 is 4.90 Å². The molecule has 3 rings (SSSR count). The highest BCUT2D eigenvalue weighted by Crippen LogP contribution is 2.19. The van der Waals surface area contributed by atoms with Crippen molar-refractivity contribution in [2.24, 2.45) is 5.92 Å². The molecule has 150 valence electrons. The Hall–Kier alpha value is -2.34. The molecular weight excluding hydrogens is 372 g/mol. The van der Waals surface area contributed by atoms with Gasteiger partial charge in [-0.15, -0.1) is 0 Å². The van der Waals surface area contributed by atoms with Crippen LogP contribution in [0.1, 0.15) is 37.3 Å². The Morgan fingerprint density at radius 2 is 1.64 bits per heavy atom. The first-order chi connectivity index (χ1) is 13.3. The maximum Gasteiger partial charge on any atom is 0.261 e. The molecule has 1 amide bonds. The molecule has 0 radical (unpaired) electrons. The van der Waals surface area contributed by atoms with E-state index in [1.165, 1.54) is 0 Å². The number of likely N-dealkylation sites (tertiary alicyclic amines) is 1. The van der Waals surface area contributed by atoms with Crippen LogP contribution in [0.25, 0.3) is 0 Å². The Morgan fingerprint density at radius 3 is 2.25 bits per heavy atom. The van der Waals surface area contributed by atoms with Gasteiger partial charge in [0.2, 0.25) is 5.91 Å². The number of rotatable bonds is 6. The minimum Gasteiger partial charge on any atom is -0.343 e. The van der Waals surface area contributed by atoms with Crippen molar-refractivity contribution in [3.05, 3.63) is 59.7 Å². The smallest absolute Gasteiger partial charge is 0.261 e. The van der Waals surface area contributed by atoms with E-state index in [1.807, 2.05) is 24.0 Å². The van der Waals surface area contributed by atoms with Crippen molar-refractivity contribution in [3.8, 4) is 0 Å². The van der Waals surface area contributed by atoms with Crippen LogP contribution in [0.5, 0.6) is 0 Å². The van der Waals surface area contributed by atoms with Gasteiger partial charge in [-0.05, 0) is 61.9 Å². The van der Waals surface area contributed by atoms with Crippen molar-refractivity contribution in [3.63, 3.8) is 0 Å². The summed E-state index contributed by atoms with van der Waals surface area (Å²) in [4.78, 5) is 14.5. The predicted molar refractivity (Wildman–Crippen MR) is 112 cm³/mol. The lowest BCUT2D eigenvalue weighted by Gasteiger charge is -2.30. The summed E-state index contributed by atoms with van der Waals surface area (Å²) in [6.07, 6.45) is 3.23. The van der Waals surface area contributed by atoms with Crippen LogP contribution < -0.4 is 4.72 Å². The third-order valence-electron chi connectivity index (χ3n) is 5.30. The minimum atomic E-state index is -3.62. The lowest BCUT2D eigenvalue weighted by atomic mass is 9.98. The van der Waals surface area contributed by atoms with E-state index in [9.17, 15) is 13.2 Å². The number of anilines is 1. The number of amides is 1. The summed E-state index contributed by atoms with van der Waals surface area (Å²) in [6.45, 7) is 5.88. The monoisotopic (exact) mass is 400 g/mol. The highest BCUT2D eigenvalue weighted by atomic mass is 32.2. The van der Waals surface area contributed by atoms with Gasteiger partial charge in [0.15, 0.2) is 0 Å². The normalized spacial score (nSPS) is 15.4. The summed E-state index contributed by atoms with van der Waals surface area (Å²) in [5, 5.41) is 0. The highest BCUT2D eigenvalue weighted by molar-refractivity contribution is 7.92. The van der Waals surface area contributed by atoms with E-state index in [0.717, 1.165) is 37.1 Å². The molecule has 1 N–H and O–H groups in total. The molecule has 2 aromatic carbocycles. The van der Waals surface area contributed by atoms with Gasteiger partial charge >= 0.3 is 0 Å². The van der Waals surface area contributed by atoms with Crippen molar-refractivity contribution >= 4 is 21.6 Å². The quantitative estimate of drug-likeness (QED) is 0.797. The van der Waals surface area contributed by atoms with E-state index in [1.54, 1.807) is 36.4 Å². The van der Waals surface area contributed by atoms with Gasteiger partial charge in [-0.3, -0.25) is 9.52 Å². The Labute approximate surface area is 167 Å². The first-order valence-electron chi connectivity index (χ1n) is 9.80. The topological polar surface area (TPSA) is 66.5 Å². The van der Waals surface area contributed by atoms with Gasteiger partial charge in [0.05, 0.1) is 4.90 Å². The molecule has 0 spiro atoms. The van der Waals surface area contributed by atoms with Crippen LogP contribution >= 0.6 is 0 Å². The van der Waals surface area contributed by atoms with E-state index in [4.69, 9.17) is 0 Å². The van der Waals surface area contributed by atoms with Crippen molar-refractivity contribution in [2.75, 3.05) is 17.8 Å². The zero-order chi connectivity index (χ0) is 20.1. The Balaban J connectivity index is 1.56. The number of nitrogens with one attached hydrogen (secondary N) is 1. The van der Waals surface area contributed by atoms with Gasteiger partial charge in [-0.1, -0.05) is 36.8 Å². The lowest BCUT2D eigenvalue weighted by Crippen LogP contribution is -2.37. The molecular formula is C22H28N2O3S. The van der Waals surface area contributed by atoms with Gasteiger partial charge in [0.25, 0.3) is 10.0 Å². The van der Waals surface area contributed by atoms with Crippen LogP contribution in [0.15, 0.2) is 53.4 Å². The molecule has 1 aliphatic rings. The fourth-order valence-corrected chi connectivity index (χ4v) is 4.40. The summed E-state index contributed by atoms with van der Waals surface area (Å²) < 4.78 is 27.6. The van der Waals surface area contributed by atoms with Crippen LogP contribution in [0.4, 0.5) is 5.69 Å². The highest BCUT2D eigenvalue weighted by Gasteiger charge is 2.20. The molecule has 0 aliphatic carbocycles. The molecule has 0 atom stereocenters. The third-order valence-corrected chi connectivity index (χ3v) is 6.70. The number of nitrogens with zero attached hydrogens (tertiary/aromatic N) is 1. The van der Waals surface area contributed by atoms with Gasteiger partial charge in [-0.2, -0.15) is 0 Å². The zero-order valence-electron chi connectivity index (χ0n) is 16.5. The fraction of sp³-hybridized carbons (Fsp3) is 0.409. The molecule has 1 saturated heterocycles. The molecule has 1 aliphatic heterocycles. The van der Waals surface area contributed by atoms with Crippen LogP contribution in [-0.2, 0) is 21.2 Å². The zero-order valence-corrected chi connectivity index (χ0v) is 17.3. The molecule has 5 nitrogen and oxygen atoms in total. The molecule has 1 fully saturated rings. The van der Waals surface area contributed by atoms with E-state index < -0.39 is 10.0 Å². The molecule has 2 aromatic rings. The summed E-state index contributed by atoms with van der Waals surface area (Å²) in [5.41, 5.74) is 2.57. The van der Waals surface area contributed by atoms with Crippen molar-refractivity contribution < 1.29 is 13.2 Å². The Bertz CT molecular complexity index is 898. The van der Waals surface area contributed by atoms with Crippen molar-refractivity contribution in [2.45, 2.75) is 44.4 Å². The summed E-state index contributed by atoms with van der Waals surface area (Å²) in [5.74, 6) is 0.886. The largest absolute Gasteiger partial charge is 0.343 e. The van der Waals surface area contributed by atoms with Crippen molar-refractivity contribution in [1.82, 2.24) is 4.90 Å². The van der Waals surface area contributed by atoms with E-state index in [-0.39, 0.29) is 10.8 Å². The molecule has 0 saturated carbocycles. The summed E-state index contributed by atoms with van der Waals surface area (Å²) in [6, 6.07) is 14.0. The summed E-state index contributed by atoms with van der Waals surface area (Å²) >= 11 is 0. The third kappa shape index (κ3) is 5.35. The molecule has 0 bridgehead atoms. The lowest BCUT2D eigenvalue weighted by molar-refractivity contribution is -0.132. The first-order valence-corrected chi connectivity index (χ1v) is 11.3. The first kappa shape index (κ1) is 20.4. The molecule has 0 unspecified atom stereocenters. The Morgan fingerprint density at radius 1 is 1.04 bits per heavy atom. The van der Waals surface area contributed by atoms with Crippen LogP contribution in [0.3, 0.4) is 0 Å². The van der Waals surface area contributed by atoms with Gasteiger partial charge in [0.1, 0.15) is 0 Å². The average Bonchev–Trinajstić information content (AvgIpc) is 2.68. The molecule has 0 aromatic heterocycles. The second-order valence-electron chi connectivity index (χ2n) is 7.68. The second kappa shape index (κ2) is 8.78. The van der Waals surface area contributed by atoms with E-state index >= 15 is 0 Å². The SMILES string of the molecule is Cc1ccc(NS(=O)(=O)c2ccc(CCC(=O)N3CCC(C)CC3)cc2)cc1. The maximum absolute atomic E-state index is 12.5.